The molecule has 2 nitrogen and oxygen atoms in total. The lowest BCUT2D eigenvalue weighted by Crippen LogP contribution is -2.10. The summed E-state index contributed by atoms with van der Waals surface area (Å²) >= 11 is 0. The SMILES string of the molecule is COC(=O)Cc1cccc(-c2ccc(C(C)(C)C)cc2)c1. The number of benzene rings is 2. The van der Waals surface area contributed by atoms with Crippen molar-refractivity contribution in [1.29, 1.82) is 0 Å². The van der Waals surface area contributed by atoms with Gasteiger partial charge in [-0.2, -0.15) is 0 Å². The van der Waals surface area contributed by atoms with Crippen LogP contribution in [-0.2, 0) is 21.4 Å². The predicted octanol–water partition coefficient (Wildman–Crippen LogP) is 4.37. The molecule has 0 fully saturated rings. The van der Waals surface area contributed by atoms with Crippen molar-refractivity contribution in [2.75, 3.05) is 7.11 Å². The highest BCUT2D eigenvalue weighted by Crippen LogP contribution is 2.26. The van der Waals surface area contributed by atoms with Crippen LogP contribution in [-0.4, -0.2) is 13.1 Å². The smallest absolute Gasteiger partial charge is 0.309 e. The number of ether oxygens (including phenoxy) is 1. The predicted molar refractivity (Wildman–Crippen MR) is 86.3 cm³/mol. The molecule has 2 heteroatoms. The van der Waals surface area contributed by atoms with Crippen molar-refractivity contribution in [1.82, 2.24) is 0 Å². The minimum Gasteiger partial charge on any atom is -0.469 e. The van der Waals surface area contributed by atoms with Crippen molar-refractivity contribution in [2.24, 2.45) is 0 Å². The van der Waals surface area contributed by atoms with Gasteiger partial charge in [0.1, 0.15) is 0 Å². The summed E-state index contributed by atoms with van der Waals surface area (Å²) in [5.74, 6) is -0.213. The number of esters is 1. The first-order valence-electron chi connectivity index (χ1n) is 7.17. The van der Waals surface area contributed by atoms with Gasteiger partial charge in [-0.3, -0.25) is 4.79 Å². The Morgan fingerprint density at radius 3 is 2.24 bits per heavy atom. The number of carbonyl (C=O) groups is 1. The van der Waals surface area contributed by atoms with E-state index in [0.717, 1.165) is 16.7 Å². The molecular weight excluding hydrogens is 260 g/mol. The molecule has 2 aromatic carbocycles. The fourth-order valence-electron chi connectivity index (χ4n) is 2.26. The molecular formula is C19H22O2. The minimum absolute atomic E-state index is 0.158. The van der Waals surface area contributed by atoms with Crippen molar-refractivity contribution in [2.45, 2.75) is 32.6 Å². The third-order valence-electron chi connectivity index (χ3n) is 3.59. The van der Waals surface area contributed by atoms with E-state index >= 15 is 0 Å². The number of methoxy groups -OCH3 is 1. The molecule has 0 spiro atoms. The monoisotopic (exact) mass is 282 g/mol. The van der Waals surface area contributed by atoms with E-state index in [4.69, 9.17) is 4.74 Å². The van der Waals surface area contributed by atoms with Gasteiger partial charge in [0.25, 0.3) is 0 Å². The quantitative estimate of drug-likeness (QED) is 0.782. The highest BCUT2D eigenvalue weighted by atomic mass is 16.5. The summed E-state index contributed by atoms with van der Waals surface area (Å²) in [6.45, 7) is 6.62. The van der Waals surface area contributed by atoms with Crippen LogP contribution >= 0.6 is 0 Å². The van der Waals surface area contributed by atoms with Crippen molar-refractivity contribution < 1.29 is 9.53 Å². The Kier molecular flexibility index (Phi) is 4.46. The molecule has 2 rings (SSSR count). The first-order chi connectivity index (χ1) is 9.90. The molecule has 0 saturated carbocycles. The van der Waals surface area contributed by atoms with Crippen LogP contribution < -0.4 is 0 Å². The molecule has 0 atom stereocenters. The molecule has 0 unspecified atom stereocenters. The standard InChI is InChI=1S/C19H22O2/c1-19(2,3)17-10-8-15(9-11-17)16-7-5-6-14(12-16)13-18(20)21-4/h5-12H,13H2,1-4H3. The first-order valence-corrected chi connectivity index (χ1v) is 7.17. The lowest BCUT2D eigenvalue weighted by atomic mass is 9.86. The average Bonchev–Trinajstić information content (AvgIpc) is 2.46. The fraction of sp³-hybridized carbons (Fsp3) is 0.316. The molecule has 0 radical (unpaired) electrons. The van der Waals surface area contributed by atoms with Gasteiger partial charge in [0.2, 0.25) is 0 Å². The summed E-state index contributed by atoms with van der Waals surface area (Å²) < 4.78 is 4.71. The van der Waals surface area contributed by atoms with Gasteiger partial charge >= 0.3 is 5.97 Å². The molecule has 0 aromatic heterocycles. The molecule has 0 bridgehead atoms. The zero-order valence-electron chi connectivity index (χ0n) is 13.1. The van der Waals surface area contributed by atoms with E-state index in [1.165, 1.54) is 12.7 Å². The van der Waals surface area contributed by atoms with E-state index in [0.29, 0.717) is 6.42 Å². The van der Waals surface area contributed by atoms with Gasteiger partial charge in [0.05, 0.1) is 13.5 Å². The second-order valence-electron chi connectivity index (χ2n) is 6.28. The summed E-state index contributed by atoms with van der Waals surface area (Å²) in [6.07, 6.45) is 0.310. The van der Waals surface area contributed by atoms with Gasteiger partial charge in [-0.15, -0.1) is 0 Å². The van der Waals surface area contributed by atoms with Gasteiger partial charge in [-0.05, 0) is 27.7 Å². The number of carbonyl (C=O) groups excluding carboxylic acids is 1. The lowest BCUT2D eigenvalue weighted by Gasteiger charge is -2.19. The maximum Gasteiger partial charge on any atom is 0.309 e. The van der Waals surface area contributed by atoms with Gasteiger partial charge in [0, 0.05) is 0 Å². The van der Waals surface area contributed by atoms with E-state index in [-0.39, 0.29) is 11.4 Å². The highest BCUT2D eigenvalue weighted by molar-refractivity contribution is 5.74. The van der Waals surface area contributed by atoms with E-state index < -0.39 is 0 Å². The van der Waals surface area contributed by atoms with Gasteiger partial charge in [-0.1, -0.05) is 69.3 Å². The Hall–Kier alpha value is -2.09. The van der Waals surface area contributed by atoms with Crippen molar-refractivity contribution in [3.63, 3.8) is 0 Å². The molecule has 0 aliphatic heterocycles. The maximum atomic E-state index is 11.4. The highest BCUT2D eigenvalue weighted by Gasteiger charge is 2.13. The Morgan fingerprint density at radius 2 is 1.67 bits per heavy atom. The first kappa shape index (κ1) is 15.3. The zero-order valence-corrected chi connectivity index (χ0v) is 13.1. The topological polar surface area (TPSA) is 26.3 Å². The Labute approximate surface area is 126 Å². The fourth-order valence-corrected chi connectivity index (χ4v) is 2.26. The molecule has 0 aliphatic rings. The minimum atomic E-state index is -0.213. The summed E-state index contributed by atoms with van der Waals surface area (Å²) in [7, 11) is 1.41. The summed E-state index contributed by atoms with van der Waals surface area (Å²) in [5.41, 5.74) is 4.73. The summed E-state index contributed by atoms with van der Waals surface area (Å²) in [5, 5.41) is 0. The molecule has 0 saturated heterocycles. The Bertz CT molecular complexity index is 619. The van der Waals surface area contributed by atoms with Crippen LogP contribution in [0.25, 0.3) is 11.1 Å². The second kappa shape index (κ2) is 6.13. The molecule has 0 amide bonds. The van der Waals surface area contributed by atoms with Crippen LogP contribution in [0.4, 0.5) is 0 Å². The van der Waals surface area contributed by atoms with Crippen molar-refractivity contribution in [3.8, 4) is 11.1 Å². The molecule has 0 heterocycles. The normalized spacial score (nSPS) is 11.2. The molecule has 2 aromatic rings. The Balaban J connectivity index is 2.26. The van der Waals surface area contributed by atoms with Crippen LogP contribution in [0.15, 0.2) is 48.5 Å². The number of hydrogen-bond acceptors (Lipinski definition) is 2. The van der Waals surface area contributed by atoms with Crippen LogP contribution in [0, 0.1) is 0 Å². The molecule has 0 N–H and O–H groups in total. The third kappa shape index (κ3) is 3.94. The van der Waals surface area contributed by atoms with Crippen LogP contribution in [0.1, 0.15) is 31.9 Å². The zero-order chi connectivity index (χ0) is 15.5. The van der Waals surface area contributed by atoms with Crippen molar-refractivity contribution in [3.05, 3.63) is 59.7 Å². The molecule has 21 heavy (non-hydrogen) atoms. The van der Waals surface area contributed by atoms with E-state index in [1.807, 2.05) is 18.2 Å². The lowest BCUT2D eigenvalue weighted by molar-refractivity contribution is -0.139. The number of hydrogen-bond donors (Lipinski definition) is 0. The maximum absolute atomic E-state index is 11.4. The van der Waals surface area contributed by atoms with Gasteiger partial charge < -0.3 is 4.74 Å². The van der Waals surface area contributed by atoms with Crippen LogP contribution in [0.3, 0.4) is 0 Å². The number of rotatable bonds is 3. The van der Waals surface area contributed by atoms with Crippen LogP contribution in [0.2, 0.25) is 0 Å². The Morgan fingerprint density at radius 1 is 1.00 bits per heavy atom. The van der Waals surface area contributed by atoms with E-state index in [1.54, 1.807) is 0 Å². The second-order valence-corrected chi connectivity index (χ2v) is 6.28. The molecule has 0 aliphatic carbocycles. The summed E-state index contributed by atoms with van der Waals surface area (Å²) in [4.78, 5) is 11.4. The van der Waals surface area contributed by atoms with Crippen LogP contribution in [0.5, 0.6) is 0 Å². The van der Waals surface area contributed by atoms with Gasteiger partial charge in [-0.25, -0.2) is 0 Å². The largest absolute Gasteiger partial charge is 0.469 e. The molecule has 110 valence electrons. The average molecular weight is 282 g/mol. The van der Waals surface area contributed by atoms with E-state index in [9.17, 15) is 4.79 Å². The van der Waals surface area contributed by atoms with E-state index in [2.05, 4.69) is 51.1 Å². The van der Waals surface area contributed by atoms with Crippen molar-refractivity contribution >= 4 is 5.97 Å². The summed E-state index contributed by atoms with van der Waals surface area (Å²) in [6, 6.07) is 16.6. The third-order valence-corrected chi connectivity index (χ3v) is 3.59. The van der Waals surface area contributed by atoms with Gasteiger partial charge in [0.15, 0.2) is 0 Å².